The monoisotopic (exact) mass is 217 g/mol. The van der Waals surface area contributed by atoms with E-state index in [1.54, 1.807) is 18.3 Å². The van der Waals surface area contributed by atoms with Crippen molar-refractivity contribution in [3.63, 3.8) is 0 Å². The van der Waals surface area contributed by atoms with Crippen LogP contribution < -0.4 is 10.1 Å². The molecule has 0 atom stereocenters. The highest BCUT2D eigenvalue weighted by Gasteiger charge is 2.13. The maximum absolute atomic E-state index is 8.74. The van der Waals surface area contributed by atoms with Gasteiger partial charge in [-0.15, -0.1) is 0 Å². The van der Waals surface area contributed by atoms with Crippen LogP contribution in [0.4, 0.5) is 0 Å². The Kier molecular flexibility index (Phi) is 3.73. The Morgan fingerprint density at radius 2 is 2.31 bits per heavy atom. The first kappa shape index (κ1) is 10.9. The fourth-order valence-electron chi connectivity index (χ4n) is 1.81. The van der Waals surface area contributed by atoms with Gasteiger partial charge in [0.2, 0.25) is 5.88 Å². The van der Waals surface area contributed by atoms with Crippen molar-refractivity contribution >= 4 is 0 Å². The van der Waals surface area contributed by atoms with Crippen molar-refractivity contribution in [3.05, 3.63) is 23.9 Å². The second-order valence-electron chi connectivity index (χ2n) is 4.00. The van der Waals surface area contributed by atoms with Gasteiger partial charge in [-0.25, -0.2) is 4.98 Å². The zero-order valence-electron chi connectivity index (χ0n) is 9.15. The standard InChI is InChI=1S/C12H15N3O/c13-8-11-3-6-15-12(7-11)16-9-10-1-4-14-5-2-10/h3,6-7,10,14H,1-2,4-5,9H2. The van der Waals surface area contributed by atoms with Crippen LogP contribution >= 0.6 is 0 Å². The van der Waals surface area contributed by atoms with E-state index in [-0.39, 0.29) is 0 Å². The summed E-state index contributed by atoms with van der Waals surface area (Å²) in [6.45, 7) is 2.84. The molecule has 4 nitrogen and oxygen atoms in total. The Hall–Kier alpha value is -1.60. The Morgan fingerprint density at radius 1 is 1.50 bits per heavy atom. The Balaban J connectivity index is 1.86. The number of hydrogen-bond donors (Lipinski definition) is 1. The third-order valence-electron chi connectivity index (χ3n) is 2.79. The molecule has 1 aliphatic heterocycles. The van der Waals surface area contributed by atoms with Gasteiger partial charge in [0.25, 0.3) is 0 Å². The summed E-state index contributed by atoms with van der Waals surface area (Å²) in [5.41, 5.74) is 0.593. The predicted octanol–water partition coefficient (Wildman–Crippen LogP) is 1.33. The van der Waals surface area contributed by atoms with Gasteiger partial charge in [-0.2, -0.15) is 5.26 Å². The van der Waals surface area contributed by atoms with Crippen molar-refractivity contribution in [2.75, 3.05) is 19.7 Å². The van der Waals surface area contributed by atoms with Crippen LogP contribution in [0.1, 0.15) is 18.4 Å². The molecule has 1 N–H and O–H groups in total. The van der Waals surface area contributed by atoms with Crippen LogP contribution in [0.5, 0.6) is 5.88 Å². The quantitative estimate of drug-likeness (QED) is 0.829. The molecule has 2 heterocycles. The molecule has 1 fully saturated rings. The average molecular weight is 217 g/mol. The first-order valence-electron chi connectivity index (χ1n) is 5.58. The van der Waals surface area contributed by atoms with E-state index in [2.05, 4.69) is 16.4 Å². The summed E-state index contributed by atoms with van der Waals surface area (Å²) in [7, 11) is 0. The molecule has 0 amide bonds. The van der Waals surface area contributed by atoms with Crippen LogP contribution in [0, 0.1) is 17.2 Å². The molecule has 16 heavy (non-hydrogen) atoms. The van der Waals surface area contributed by atoms with Crippen LogP contribution in [-0.2, 0) is 0 Å². The van der Waals surface area contributed by atoms with E-state index < -0.39 is 0 Å². The van der Waals surface area contributed by atoms with Crippen LogP contribution in [-0.4, -0.2) is 24.7 Å². The molecule has 0 aliphatic carbocycles. The lowest BCUT2D eigenvalue weighted by molar-refractivity contribution is 0.209. The first-order chi connectivity index (χ1) is 7.88. The minimum Gasteiger partial charge on any atom is -0.477 e. The van der Waals surface area contributed by atoms with Gasteiger partial charge in [-0.05, 0) is 37.9 Å². The summed E-state index contributed by atoms with van der Waals surface area (Å²) in [6, 6.07) is 5.43. The van der Waals surface area contributed by atoms with Crippen LogP contribution in [0.2, 0.25) is 0 Å². The number of rotatable bonds is 3. The topological polar surface area (TPSA) is 57.9 Å². The molecule has 2 rings (SSSR count). The Labute approximate surface area is 95.3 Å². The van der Waals surface area contributed by atoms with Crippen molar-refractivity contribution in [2.45, 2.75) is 12.8 Å². The number of nitrogens with zero attached hydrogens (tertiary/aromatic N) is 2. The maximum atomic E-state index is 8.74. The van der Waals surface area contributed by atoms with Gasteiger partial charge >= 0.3 is 0 Å². The normalized spacial score (nSPS) is 16.7. The van der Waals surface area contributed by atoms with E-state index in [9.17, 15) is 0 Å². The smallest absolute Gasteiger partial charge is 0.214 e. The average Bonchev–Trinajstić information content (AvgIpc) is 2.38. The SMILES string of the molecule is N#Cc1ccnc(OCC2CCNCC2)c1. The minimum atomic E-state index is 0.553. The summed E-state index contributed by atoms with van der Waals surface area (Å²) in [5, 5.41) is 12.1. The number of aromatic nitrogens is 1. The lowest BCUT2D eigenvalue weighted by Gasteiger charge is -2.22. The second kappa shape index (κ2) is 5.47. The lowest BCUT2D eigenvalue weighted by atomic mass is 9.99. The molecule has 0 radical (unpaired) electrons. The second-order valence-corrected chi connectivity index (χ2v) is 4.00. The zero-order chi connectivity index (χ0) is 11.2. The van der Waals surface area contributed by atoms with Crippen LogP contribution in [0.25, 0.3) is 0 Å². The number of pyridine rings is 1. The first-order valence-corrected chi connectivity index (χ1v) is 5.58. The molecular weight excluding hydrogens is 202 g/mol. The van der Waals surface area contributed by atoms with E-state index in [0.717, 1.165) is 25.9 Å². The number of piperidine rings is 1. The van der Waals surface area contributed by atoms with E-state index >= 15 is 0 Å². The molecule has 0 spiro atoms. The van der Waals surface area contributed by atoms with Gasteiger partial charge in [-0.3, -0.25) is 0 Å². The zero-order valence-corrected chi connectivity index (χ0v) is 9.15. The van der Waals surface area contributed by atoms with Gasteiger partial charge in [0.05, 0.1) is 18.2 Å². The fraction of sp³-hybridized carbons (Fsp3) is 0.500. The van der Waals surface area contributed by atoms with Gasteiger partial charge in [0, 0.05) is 12.3 Å². The molecule has 0 aromatic carbocycles. The molecule has 4 heteroatoms. The van der Waals surface area contributed by atoms with E-state index in [1.165, 1.54) is 0 Å². The third-order valence-corrected chi connectivity index (χ3v) is 2.79. The van der Waals surface area contributed by atoms with E-state index in [0.29, 0.717) is 24.0 Å². The number of nitriles is 1. The highest BCUT2D eigenvalue weighted by Crippen LogP contribution is 2.14. The predicted molar refractivity (Wildman–Crippen MR) is 60.0 cm³/mol. The summed E-state index contributed by atoms with van der Waals surface area (Å²) in [4.78, 5) is 4.08. The maximum Gasteiger partial charge on any atom is 0.214 e. The largest absolute Gasteiger partial charge is 0.477 e. The molecule has 0 unspecified atom stereocenters. The Bertz CT molecular complexity index is 380. The van der Waals surface area contributed by atoms with Crippen molar-refractivity contribution in [1.29, 1.82) is 5.26 Å². The van der Waals surface area contributed by atoms with Gasteiger partial charge in [0.1, 0.15) is 0 Å². The summed E-state index contributed by atoms with van der Waals surface area (Å²) in [5.74, 6) is 1.16. The van der Waals surface area contributed by atoms with Gasteiger partial charge in [0.15, 0.2) is 0 Å². The summed E-state index contributed by atoms with van der Waals surface area (Å²) >= 11 is 0. The highest BCUT2D eigenvalue weighted by atomic mass is 16.5. The van der Waals surface area contributed by atoms with Gasteiger partial charge in [-0.1, -0.05) is 0 Å². The molecule has 1 aromatic heterocycles. The lowest BCUT2D eigenvalue weighted by Crippen LogP contribution is -2.30. The molecule has 0 bridgehead atoms. The Morgan fingerprint density at radius 3 is 3.06 bits per heavy atom. The van der Waals surface area contributed by atoms with Gasteiger partial charge < -0.3 is 10.1 Å². The molecular formula is C12H15N3O. The molecule has 1 aromatic rings. The number of ether oxygens (including phenoxy) is 1. The summed E-state index contributed by atoms with van der Waals surface area (Å²) in [6.07, 6.45) is 3.91. The highest BCUT2D eigenvalue weighted by molar-refractivity contribution is 5.31. The number of nitrogens with one attached hydrogen (secondary N) is 1. The molecule has 84 valence electrons. The fourth-order valence-corrected chi connectivity index (χ4v) is 1.81. The van der Waals surface area contributed by atoms with Crippen LogP contribution in [0.15, 0.2) is 18.3 Å². The molecule has 1 saturated heterocycles. The van der Waals surface area contributed by atoms with Crippen molar-refractivity contribution < 1.29 is 4.74 Å². The minimum absolute atomic E-state index is 0.553. The van der Waals surface area contributed by atoms with E-state index in [4.69, 9.17) is 10.00 Å². The number of hydrogen-bond acceptors (Lipinski definition) is 4. The molecule has 1 aliphatic rings. The van der Waals surface area contributed by atoms with Crippen molar-refractivity contribution in [1.82, 2.24) is 10.3 Å². The third kappa shape index (κ3) is 2.94. The molecule has 0 saturated carbocycles. The van der Waals surface area contributed by atoms with Crippen molar-refractivity contribution in [3.8, 4) is 11.9 Å². The van der Waals surface area contributed by atoms with Crippen LogP contribution in [0.3, 0.4) is 0 Å². The van der Waals surface area contributed by atoms with Crippen molar-refractivity contribution in [2.24, 2.45) is 5.92 Å². The summed E-state index contributed by atoms with van der Waals surface area (Å²) < 4.78 is 5.60. The van der Waals surface area contributed by atoms with E-state index in [1.807, 2.05) is 0 Å².